The Bertz CT molecular complexity index is 192. The Hall–Kier alpha value is -0.0800. The van der Waals surface area contributed by atoms with Gasteiger partial charge in [0, 0.05) is 0 Å². The van der Waals surface area contributed by atoms with Crippen LogP contribution >= 0.6 is 0 Å². The number of hydrogen-bond acceptors (Lipinski definition) is 2. The lowest BCUT2D eigenvalue weighted by Gasteiger charge is -2.10. The predicted molar refractivity (Wildman–Crippen MR) is 92.6 cm³/mol. The van der Waals surface area contributed by atoms with Gasteiger partial charge in [-0.3, -0.25) is 0 Å². The number of hydrogen-bond donors (Lipinski definition) is 2. The van der Waals surface area contributed by atoms with E-state index < -0.39 is 0 Å². The summed E-state index contributed by atoms with van der Waals surface area (Å²) >= 11 is 0. The van der Waals surface area contributed by atoms with Crippen LogP contribution in [-0.4, -0.2) is 22.4 Å². The molecule has 2 unspecified atom stereocenters. The van der Waals surface area contributed by atoms with Gasteiger partial charge in [0.1, 0.15) is 0 Å². The molecule has 0 aromatic carbocycles. The number of aliphatic hydroxyl groups excluding tert-OH is 2. The first kappa shape index (κ1) is 20.9. The standard InChI is InChI=1S/C19H40O2/c1-3-4-5-13-16-19(21)17-14-11-9-7-6-8-10-12-15-18(2)20/h18-21H,3-17H2,1-2H3. The van der Waals surface area contributed by atoms with Crippen molar-refractivity contribution < 1.29 is 10.2 Å². The molecular weight excluding hydrogens is 260 g/mol. The zero-order valence-electron chi connectivity index (χ0n) is 14.7. The van der Waals surface area contributed by atoms with Gasteiger partial charge in [-0.1, -0.05) is 84.0 Å². The Balaban J connectivity index is 3.10. The van der Waals surface area contributed by atoms with Gasteiger partial charge < -0.3 is 10.2 Å². The second kappa shape index (κ2) is 16.3. The lowest BCUT2D eigenvalue weighted by Crippen LogP contribution is -2.05. The van der Waals surface area contributed by atoms with E-state index in [2.05, 4.69) is 6.92 Å². The molecule has 0 spiro atoms. The highest BCUT2D eigenvalue weighted by Gasteiger charge is 2.03. The highest BCUT2D eigenvalue weighted by Crippen LogP contribution is 2.14. The van der Waals surface area contributed by atoms with Crippen molar-refractivity contribution in [3.63, 3.8) is 0 Å². The third kappa shape index (κ3) is 17.9. The highest BCUT2D eigenvalue weighted by atomic mass is 16.3. The van der Waals surface area contributed by atoms with Gasteiger partial charge >= 0.3 is 0 Å². The molecule has 0 aliphatic heterocycles. The summed E-state index contributed by atoms with van der Waals surface area (Å²) in [6, 6.07) is 0. The van der Waals surface area contributed by atoms with E-state index in [9.17, 15) is 5.11 Å². The van der Waals surface area contributed by atoms with Crippen LogP contribution in [0.4, 0.5) is 0 Å². The van der Waals surface area contributed by atoms with Gasteiger partial charge in [-0.2, -0.15) is 0 Å². The van der Waals surface area contributed by atoms with Crippen molar-refractivity contribution in [2.24, 2.45) is 0 Å². The minimum atomic E-state index is -0.126. The van der Waals surface area contributed by atoms with E-state index in [1.54, 1.807) is 0 Å². The molecule has 0 saturated carbocycles. The zero-order valence-corrected chi connectivity index (χ0v) is 14.7. The van der Waals surface area contributed by atoms with Gasteiger partial charge in [-0.15, -0.1) is 0 Å². The third-order valence-electron chi connectivity index (χ3n) is 4.30. The molecule has 128 valence electrons. The van der Waals surface area contributed by atoms with Crippen LogP contribution < -0.4 is 0 Å². The quantitative estimate of drug-likeness (QED) is 0.364. The molecule has 0 radical (unpaired) electrons. The summed E-state index contributed by atoms with van der Waals surface area (Å²) in [6.45, 7) is 4.10. The zero-order chi connectivity index (χ0) is 15.8. The summed E-state index contributed by atoms with van der Waals surface area (Å²) in [5, 5.41) is 19.0. The maximum absolute atomic E-state index is 9.87. The second-order valence-corrected chi connectivity index (χ2v) is 6.76. The molecule has 0 aliphatic carbocycles. The molecular formula is C19H40O2. The Labute approximate surface area is 133 Å². The first-order valence-corrected chi connectivity index (χ1v) is 9.53. The monoisotopic (exact) mass is 300 g/mol. The van der Waals surface area contributed by atoms with Gasteiger partial charge in [0.05, 0.1) is 12.2 Å². The molecule has 0 bridgehead atoms. The van der Waals surface area contributed by atoms with E-state index in [0.29, 0.717) is 0 Å². The van der Waals surface area contributed by atoms with E-state index >= 15 is 0 Å². The average Bonchev–Trinajstić information content (AvgIpc) is 2.45. The largest absolute Gasteiger partial charge is 0.393 e. The summed E-state index contributed by atoms with van der Waals surface area (Å²) in [5.74, 6) is 0. The van der Waals surface area contributed by atoms with E-state index in [1.807, 2.05) is 6.92 Å². The minimum absolute atomic E-state index is 0.0534. The molecule has 2 N–H and O–H groups in total. The molecule has 0 aromatic rings. The fourth-order valence-electron chi connectivity index (χ4n) is 2.83. The SMILES string of the molecule is CCCCCCC(O)CCCCCCCCCCC(C)O. The lowest BCUT2D eigenvalue weighted by molar-refractivity contribution is 0.147. The number of rotatable bonds is 16. The second-order valence-electron chi connectivity index (χ2n) is 6.76. The number of aliphatic hydroxyl groups is 2. The molecule has 2 heteroatoms. The maximum Gasteiger partial charge on any atom is 0.0540 e. The van der Waals surface area contributed by atoms with Crippen LogP contribution in [0.2, 0.25) is 0 Å². The fraction of sp³-hybridized carbons (Fsp3) is 1.00. The summed E-state index contributed by atoms with van der Waals surface area (Å²) in [5.41, 5.74) is 0. The van der Waals surface area contributed by atoms with Crippen LogP contribution in [0.5, 0.6) is 0 Å². The van der Waals surface area contributed by atoms with Crippen LogP contribution in [0, 0.1) is 0 Å². The normalized spacial score (nSPS) is 14.3. The van der Waals surface area contributed by atoms with Crippen molar-refractivity contribution in [2.75, 3.05) is 0 Å². The Kier molecular flexibility index (Phi) is 16.2. The molecule has 0 aliphatic rings. The Morgan fingerprint density at radius 3 is 1.38 bits per heavy atom. The van der Waals surface area contributed by atoms with Crippen LogP contribution in [0.3, 0.4) is 0 Å². The van der Waals surface area contributed by atoms with Crippen molar-refractivity contribution in [1.82, 2.24) is 0 Å². The molecule has 0 heterocycles. The number of unbranched alkanes of at least 4 members (excludes halogenated alkanes) is 10. The molecule has 21 heavy (non-hydrogen) atoms. The molecule has 0 saturated heterocycles. The van der Waals surface area contributed by atoms with Crippen LogP contribution in [-0.2, 0) is 0 Å². The van der Waals surface area contributed by atoms with Crippen molar-refractivity contribution in [3.05, 3.63) is 0 Å². The highest BCUT2D eigenvalue weighted by molar-refractivity contribution is 4.57. The first-order valence-electron chi connectivity index (χ1n) is 9.53. The van der Waals surface area contributed by atoms with Crippen molar-refractivity contribution in [1.29, 1.82) is 0 Å². The molecule has 2 nitrogen and oxygen atoms in total. The Morgan fingerprint density at radius 1 is 0.571 bits per heavy atom. The summed E-state index contributed by atoms with van der Waals surface area (Å²) < 4.78 is 0. The predicted octanol–water partition coefficient (Wildman–Crippen LogP) is 5.60. The van der Waals surface area contributed by atoms with Gasteiger partial charge in [0.15, 0.2) is 0 Å². The maximum atomic E-state index is 9.87. The smallest absolute Gasteiger partial charge is 0.0540 e. The van der Waals surface area contributed by atoms with Crippen molar-refractivity contribution in [3.8, 4) is 0 Å². The van der Waals surface area contributed by atoms with Crippen LogP contribution in [0.1, 0.15) is 110 Å². The van der Waals surface area contributed by atoms with Gasteiger partial charge in [-0.25, -0.2) is 0 Å². The van der Waals surface area contributed by atoms with Crippen LogP contribution in [0.25, 0.3) is 0 Å². The molecule has 0 rings (SSSR count). The molecule has 2 atom stereocenters. The van der Waals surface area contributed by atoms with E-state index in [4.69, 9.17) is 5.11 Å². The van der Waals surface area contributed by atoms with Crippen molar-refractivity contribution >= 4 is 0 Å². The molecule has 0 fully saturated rings. The lowest BCUT2D eigenvalue weighted by atomic mass is 10.0. The summed E-state index contributed by atoms with van der Waals surface area (Å²) in [4.78, 5) is 0. The molecule has 0 amide bonds. The Morgan fingerprint density at radius 2 is 0.952 bits per heavy atom. The van der Waals surface area contributed by atoms with E-state index in [-0.39, 0.29) is 12.2 Å². The topological polar surface area (TPSA) is 40.5 Å². The van der Waals surface area contributed by atoms with E-state index in [0.717, 1.165) is 19.3 Å². The van der Waals surface area contributed by atoms with Gasteiger partial charge in [0.25, 0.3) is 0 Å². The van der Waals surface area contributed by atoms with Crippen LogP contribution in [0.15, 0.2) is 0 Å². The first-order chi connectivity index (χ1) is 10.2. The minimum Gasteiger partial charge on any atom is -0.393 e. The van der Waals surface area contributed by atoms with Gasteiger partial charge in [0.2, 0.25) is 0 Å². The summed E-state index contributed by atoms with van der Waals surface area (Å²) in [6.07, 6.45) is 18.0. The van der Waals surface area contributed by atoms with E-state index in [1.165, 1.54) is 77.0 Å². The van der Waals surface area contributed by atoms with Crippen molar-refractivity contribution in [2.45, 2.75) is 122 Å². The summed E-state index contributed by atoms with van der Waals surface area (Å²) in [7, 11) is 0. The third-order valence-corrected chi connectivity index (χ3v) is 4.30. The molecule has 0 aromatic heterocycles. The fourth-order valence-corrected chi connectivity index (χ4v) is 2.83. The average molecular weight is 301 g/mol. The van der Waals surface area contributed by atoms with Gasteiger partial charge in [-0.05, 0) is 26.2 Å².